The average Bonchev–Trinajstić information content (AvgIpc) is 2.69. The van der Waals surface area contributed by atoms with Gasteiger partial charge >= 0.3 is 0 Å². The van der Waals surface area contributed by atoms with E-state index in [4.69, 9.17) is 11.6 Å². The molecular formula is C11H10ClFN2S. The first-order valence-corrected chi connectivity index (χ1v) is 6.09. The molecule has 2 rings (SSSR count). The van der Waals surface area contributed by atoms with Gasteiger partial charge in [-0.2, -0.15) is 0 Å². The van der Waals surface area contributed by atoms with E-state index in [2.05, 4.69) is 10.3 Å². The predicted octanol–water partition coefficient (Wildman–Crippen LogP) is 3.23. The van der Waals surface area contributed by atoms with Crippen molar-refractivity contribution >= 4 is 22.9 Å². The zero-order valence-electron chi connectivity index (χ0n) is 8.41. The summed E-state index contributed by atoms with van der Waals surface area (Å²) in [5, 5.41) is 5.58. The van der Waals surface area contributed by atoms with Crippen LogP contribution in [0.2, 0.25) is 5.02 Å². The number of benzene rings is 1. The highest BCUT2D eigenvalue weighted by atomic mass is 35.5. The second-order valence-corrected chi connectivity index (χ2v) is 4.52. The van der Waals surface area contributed by atoms with E-state index in [9.17, 15) is 4.39 Å². The number of aromatic nitrogens is 1. The lowest BCUT2D eigenvalue weighted by atomic mass is 10.2. The third-order valence-corrected chi connectivity index (χ3v) is 2.89. The maximum absolute atomic E-state index is 13.0. The summed E-state index contributed by atoms with van der Waals surface area (Å²) in [5.41, 5.74) is 3.61. The Hall–Kier alpha value is -0.970. The molecule has 0 aliphatic heterocycles. The molecule has 0 spiro atoms. The van der Waals surface area contributed by atoms with Gasteiger partial charge in [0.1, 0.15) is 5.82 Å². The Balaban J connectivity index is 1.89. The highest BCUT2D eigenvalue weighted by molar-refractivity contribution is 7.07. The molecule has 0 radical (unpaired) electrons. The molecule has 0 amide bonds. The van der Waals surface area contributed by atoms with Crippen LogP contribution in [0.3, 0.4) is 0 Å². The minimum Gasteiger partial charge on any atom is -0.307 e. The molecule has 16 heavy (non-hydrogen) atoms. The topological polar surface area (TPSA) is 24.9 Å². The molecule has 1 heterocycles. The molecule has 1 aromatic heterocycles. The van der Waals surface area contributed by atoms with Gasteiger partial charge in [-0.15, -0.1) is 11.3 Å². The highest BCUT2D eigenvalue weighted by Gasteiger charge is 2.00. The van der Waals surface area contributed by atoms with E-state index in [-0.39, 0.29) is 5.82 Å². The number of nitrogens with zero attached hydrogens (tertiary/aromatic N) is 1. The summed E-state index contributed by atoms with van der Waals surface area (Å²) in [7, 11) is 0. The van der Waals surface area contributed by atoms with Crippen LogP contribution in [0.15, 0.2) is 29.1 Å². The van der Waals surface area contributed by atoms with Crippen molar-refractivity contribution in [2.24, 2.45) is 0 Å². The summed E-state index contributed by atoms with van der Waals surface area (Å²) in [5.74, 6) is -0.307. The number of rotatable bonds is 4. The van der Waals surface area contributed by atoms with Crippen molar-refractivity contribution in [2.75, 3.05) is 0 Å². The van der Waals surface area contributed by atoms with Crippen LogP contribution in [-0.4, -0.2) is 4.98 Å². The van der Waals surface area contributed by atoms with E-state index in [1.54, 1.807) is 22.9 Å². The average molecular weight is 257 g/mol. The van der Waals surface area contributed by atoms with Crippen molar-refractivity contribution in [3.05, 3.63) is 51.2 Å². The molecular weight excluding hydrogens is 247 g/mol. The molecule has 0 saturated heterocycles. The molecule has 0 unspecified atom stereocenters. The lowest BCUT2D eigenvalue weighted by Crippen LogP contribution is -2.12. The number of halogens is 2. The second-order valence-electron chi connectivity index (χ2n) is 3.36. The fourth-order valence-corrected chi connectivity index (χ4v) is 2.18. The van der Waals surface area contributed by atoms with Crippen LogP contribution in [0.1, 0.15) is 11.3 Å². The summed E-state index contributed by atoms with van der Waals surface area (Å²) in [4.78, 5) is 4.14. The third-order valence-electron chi connectivity index (χ3n) is 2.04. The first kappa shape index (κ1) is 11.5. The van der Waals surface area contributed by atoms with Gasteiger partial charge in [-0.25, -0.2) is 9.37 Å². The van der Waals surface area contributed by atoms with E-state index in [0.29, 0.717) is 18.1 Å². The zero-order valence-corrected chi connectivity index (χ0v) is 9.98. The monoisotopic (exact) mass is 256 g/mol. The van der Waals surface area contributed by atoms with Crippen molar-refractivity contribution in [3.63, 3.8) is 0 Å². The van der Waals surface area contributed by atoms with E-state index >= 15 is 0 Å². The minimum atomic E-state index is -0.307. The number of hydrogen-bond donors (Lipinski definition) is 1. The molecule has 0 atom stereocenters. The van der Waals surface area contributed by atoms with E-state index in [1.807, 2.05) is 5.38 Å². The van der Waals surface area contributed by atoms with E-state index < -0.39 is 0 Å². The van der Waals surface area contributed by atoms with Gasteiger partial charge in [-0.05, 0) is 23.8 Å². The molecule has 1 aromatic carbocycles. The second kappa shape index (κ2) is 5.39. The Kier molecular flexibility index (Phi) is 3.88. The van der Waals surface area contributed by atoms with Gasteiger partial charge in [-0.3, -0.25) is 0 Å². The Morgan fingerprint density at radius 2 is 2.19 bits per heavy atom. The molecule has 2 aromatic rings. The van der Waals surface area contributed by atoms with Crippen LogP contribution in [0.25, 0.3) is 0 Å². The summed E-state index contributed by atoms with van der Waals surface area (Å²) < 4.78 is 13.0. The fraction of sp³-hybridized carbons (Fsp3) is 0.182. The fourth-order valence-electron chi connectivity index (χ4n) is 1.37. The van der Waals surface area contributed by atoms with Gasteiger partial charge in [0.15, 0.2) is 0 Å². The molecule has 0 fully saturated rings. The van der Waals surface area contributed by atoms with Crippen LogP contribution in [0.5, 0.6) is 0 Å². The van der Waals surface area contributed by atoms with Crippen molar-refractivity contribution in [2.45, 2.75) is 13.1 Å². The van der Waals surface area contributed by atoms with Crippen LogP contribution in [0, 0.1) is 5.82 Å². The first-order valence-electron chi connectivity index (χ1n) is 4.77. The maximum Gasteiger partial charge on any atom is 0.125 e. The molecule has 1 N–H and O–H groups in total. The minimum absolute atomic E-state index is 0.307. The summed E-state index contributed by atoms with van der Waals surface area (Å²) >= 11 is 7.31. The lowest BCUT2D eigenvalue weighted by Gasteiger charge is -2.04. The Bertz CT molecular complexity index is 439. The summed E-state index contributed by atoms with van der Waals surface area (Å²) in [6.45, 7) is 1.26. The number of hydrogen-bond acceptors (Lipinski definition) is 3. The van der Waals surface area contributed by atoms with Gasteiger partial charge in [0, 0.05) is 23.5 Å². The predicted molar refractivity (Wildman–Crippen MR) is 64.1 cm³/mol. The van der Waals surface area contributed by atoms with Crippen LogP contribution in [0.4, 0.5) is 4.39 Å². The molecule has 5 heteroatoms. The SMILES string of the molecule is Fc1cc(Cl)cc(CNCc2cscn2)c1. The maximum atomic E-state index is 13.0. The molecule has 2 nitrogen and oxygen atoms in total. The Labute approximate surface area is 102 Å². The molecule has 0 aliphatic carbocycles. The number of thiazole rings is 1. The van der Waals surface area contributed by atoms with Crippen molar-refractivity contribution in [1.29, 1.82) is 0 Å². The summed E-state index contributed by atoms with van der Waals surface area (Å²) in [6, 6.07) is 4.52. The standard InChI is InChI=1S/C11H10ClFN2S/c12-9-1-8(2-10(13)3-9)4-14-5-11-6-16-7-15-11/h1-3,6-7,14H,4-5H2. The van der Waals surface area contributed by atoms with Crippen LogP contribution in [-0.2, 0) is 13.1 Å². The molecule has 84 valence electrons. The van der Waals surface area contributed by atoms with Crippen LogP contribution >= 0.6 is 22.9 Å². The summed E-state index contributed by atoms with van der Waals surface area (Å²) in [6.07, 6.45) is 0. The van der Waals surface area contributed by atoms with Gasteiger partial charge in [-0.1, -0.05) is 11.6 Å². The molecule has 0 saturated carbocycles. The molecule has 0 aliphatic rings. The highest BCUT2D eigenvalue weighted by Crippen LogP contribution is 2.14. The van der Waals surface area contributed by atoms with Crippen molar-refractivity contribution < 1.29 is 4.39 Å². The Morgan fingerprint density at radius 3 is 2.88 bits per heavy atom. The first-order chi connectivity index (χ1) is 7.74. The lowest BCUT2D eigenvalue weighted by molar-refractivity contribution is 0.619. The molecule has 0 bridgehead atoms. The zero-order chi connectivity index (χ0) is 11.4. The van der Waals surface area contributed by atoms with Gasteiger partial charge < -0.3 is 5.32 Å². The van der Waals surface area contributed by atoms with Gasteiger partial charge in [0.05, 0.1) is 11.2 Å². The van der Waals surface area contributed by atoms with Crippen molar-refractivity contribution in [1.82, 2.24) is 10.3 Å². The van der Waals surface area contributed by atoms with Gasteiger partial charge in [0.25, 0.3) is 0 Å². The quantitative estimate of drug-likeness (QED) is 0.909. The van der Waals surface area contributed by atoms with E-state index in [0.717, 1.165) is 11.3 Å². The Morgan fingerprint density at radius 1 is 1.31 bits per heavy atom. The van der Waals surface area contributed by atoms with Gasteiger partial charge in [0.2, 0.25) is 0 Å². The largest absolute Gasteiger partial charge is 0.307 e. The van der Waals surface area contributed by atoms with Crippen molar-refractivity contribution in [3.8, 4) is 0 Å². The third kappa shape index (κ3) is 3.27. The normalized spacial score (nSPS) is 10.6. The van der Waals surface area contributed by atoms with Crippen LogP contribution < -0.4 is 5.32 Å². The number of nitrogens with one attached hydrogen (secondary N) is 1. The van der Waals surface area contributed by atoms with E-state index in [1.165, 1.54) is 12.1 Å². The smallest absolute Gasteiger partial charge is 0.125 e.